The summed E-state index contributed by atoms with van der Waals surface area (Å²) >= 11 is 7.24. The van der Waals surface area contributed by atoms with Crippen LogP contribution in [0.2, 0.25) is 0 Å². The normalized spacial score (nSPS) is 23.0. The lowest BCUT2D eigenvalue weighted by molar-refractivity contribution is -0.384. The Kier molecular flexibility index (Phi) is 7.62. The topological polar surface area (TPSA) is 145 Å². The number of non-ortho nitro benzene ring substituents is 1. The van der Waals surface area contributed by atoms with Gasteiger partial charge in [-0.05, 0) is 48.6 Å². The van der Waals surface area contributed by atoms with Crippen LogP contribution in [-0.2, 0) is 25.7 Å². The molecule has 0 saturated carbocycles. The van der Waals surface area contributed by atoms with Gasteiger partial charge >= 0.3 is 5.97 Å². The third-order valence-electron chi connectivity index (χ3n) is 6.08. The predicted octanol–water partition coefficient (Wildman–Crippen LogP) is 3.00. The van der Waals surface area contributed by atoms with E-state index >= 15 is 0 Å². The molecule has 12 heteroatoms. The lowest BCUT2D eigenvalue weighted by Crippen LogP contribution is -2.71. The Morgan fingerprint density at radius 3 is 2.69 bits per heavy atom. The van der Waals surface area contributed by atoms with Gasteiger partial charge in [-0.3, -0.25) is 24.6 Å². The zero-order chi connectivity index (χ0) is 26.0. The smallest absolute Gasteiger partial charge is 0.355 e. The fourth-order valence-electron chi connectivity index (χ4n) is 4.05. The van der Waals surface area contributed by atoms with E-state index in [1.807, 2.05) is 18.2 Å². The molecule has 2 unspecified atom stereocenters. The van der Waals surface area contributed by atoms with Crippen LogP contribution < -0.4 is 11.1 Å². The predicted molar refractivity (Wildman–Crippen MR) is 134 cm³/mol. The molecule has 36 heavy (non-hydrogen) atoms. The maximum Gasteiger partial charge on any atom is 0.355 e. The first-order chi connectivity index (χ1) is 17.2. The van der Waals surface area contributed by atoms with E-state index in [0.717, 1.165) is 5.57 Å². The van der Waals surface area contributed by atoms with Gasteiger partial charge in [-0.25, -0.2) is 4.79 Å². The highest BCUT2D eigenvalue weighted by atomic mass is 35.5. The Bertz CT molecular complexity index is 1240. The average molecular weight is 531 g/mol. The summed E-state index contributed by atoms with van der Waals surface area (Å²) in [6.45, 7) is 1.50. The van der Waals surface area contributed by atoms with Crippen molar-refractivity contribution in [1.29, 1.82) is 0 Å². The minimum atomic E-state index is -0.884. The number of nitro groups is 1. The molecule has 1 fully saturated rings. The van der Waals surface area contributed by atoms with Crippen molar-refractivity contribution >= 4 is 46.8 Å². The van der Waals surface area contributed by atoms with Gasteiger partial charge in [0.2, 0.25) is 5.91 Å². The number of benzene rings is 1. The summed E-state index contributed by atoms with van der Waals surface area (Å²) in [7, 11) is 0. The number of nitrogens with two attached hydrogens (primary N) is 1. The van der Waals surface area contributed by atoms with Crippen molar-refractivity contribution in [2.45, 2.75) is 43.8 Å². The van der Waals surface area contributed by atoms with E-state index in [9.17, 15) is 24.5 Å². The van der Waals surface area contributed by atoms with Crippen molar-refractivity contribution in [2.24, 2.45) is 5.73 Å². The van der Waals surface area contributed by atoms with Crippen LogP contribution in [0.3, 0.4) is 0 Å². The number of allylic oxidation sites excluding steroid dienone is 4. The van der Waals surface area contributed by atoms with Crippen molar-refractivity contribution in [2.75, 3.05) is 0 Å². The Morgan fingerprint density at radius 2 is 2.08 bits per heavy atom. The molecule has 1 saturated heterocycles. The van der Waals surface area contributed by atoms with E-state index in [4.69, 9.17) is 22.1 Å². The van der Waals surface area contributed by atoms with Gasteiger partial charge in [0.1, 0.15) is 29.8 Å². The molecule has 0 spiro atoms. The standard InChI is InChI=1S/C24H23ClN4O6S/c1-13-17(11-25)36-23-19(27-21(30)18(26)15-5-3-2-4-6-15)22(31)28(23)20(13)24(32)35-12-14-7-9-16(10-8-14)29(33)34/h2-3,6-11,18-19,23H,4-5,12,26H2,1H3,(H,27,30)/t18?,19?,23-/m0/s1. The molecule has 2 heterocycles. The molecular weight excluding hydrogens is 508 g/mol. The van der Waals surface area contributed by atoms with E-state index in [2.05, 4.69) is 5.32 Å². The number of thioether (sulfide) groups is 1. The summed E-state index contributed by atoms with van der Waals surface area (Å²) in [4.78, 5) is 51.0. The number of carbonyl (C=O) groups excluding carboxylic acids is 3. The van der Waals surface area contributed by atoms with Gasteiger partial charge in [-0.2, -0.15) is 0 Å². The third-order valence-corrected chi connectivity index (χ3v) is 7.83. The third kappa shape index (κ3) is 4.95. The molecule has 2 amide bonds. The largest absolute Gasteiger partial charge is 0.456 e. The van der Waals surface area contributed by atoms with Gasteiger partial charge in [-0.1, -0.05) is 41.6 Å². The van der Waals surface area contributed by atoms with Crippen molar-refractivity contribution in [3.63, 3.8) is 0 Å². The Hall–Kier alpha value is -3.41. The molecule has 0 aromatic heterocycles. The van der Waals surface area contributed by atoms with Crippen LogP contribution in [0.15, 0.2) is 69.8 Å². The number of ether oxygens (including phenoxy) is 1. The summed E-state index contributed by atoms with van der Waals surface area (Å²) in [5, 5.41) is 12.9. The van der Waals surface area contributed by atoms with Crippen LogP contribution in [0.1, 0.15) is 25.3 Å². The number of hydrogen-bond donors (Lipinski definition) is 2. The minimum absolute atomic E-state index is 0.0347. The molecule has 1 aromatic carbocycles. The van der Waals surface area contributed by atoms with Crippen LogP contribution in [0.25, 0.3) is 0 Å². The number of esters is 1. The fourth-order valence-corrected chi connectivity index (χ4v) is 5.58. The monoisotopic (exact) mass is 530 g/mol. The first-order valence-electron chi connectivity index (χ1n) is 11.0. The molecule has 0 radical (unpaired) electrons. The van der Waals surface area contributed by atoms with Crippen LogP contribution in [0, 0.1) is 10.1 Å². The van der Waals surface area contributed by atoms with E-state index in [1.165, 1.54) is 46.5 Å². The van der Waals surface area contributed by atoms with E-state index in [-0.39, 0.29) is 18.0 Å². The van der Waals surface area contributed by atoms with Crippen LogP contribution in [0.5, 0.6) is 0 Å². The molecular formula is C24H23ClN4O6S. The minimum Gasteiger partial charge on any atom is -0.456 e. The first-order valence-corrected chi connectivity index (χ1v) is 12.4. The van der Waals surface area contributed by atoms with E-state index < -0.39 is 40.2 Å². The number of amides is 2. The van der Waals surface area contributed by atoms with Crippen LogP contribution >= 0.6 is 23.4 Å². The van der Waals surface area contributed by atoms with Crippen LogP contribution in [0.4, 0.5) is 5.69 Å². The summed E-state index contributed by atoms with van der Waals surface area (Å²) in [5.74, 6) is -1.68. The SMILES string of the molecule is CC1=C(C(=O)OCc2ccc([N+](=O)[O-])cc2)N2C(=O)C(NC(=O)C(N)C3=CCC=CC3)[C@@H]2SC1=CCl. The lowest BCUT2D eigenvalue weighted by atomic mass is 9.97. The number of carbonyl (C=O) groups is 3. The highest BCUT2D eigenvalue weighted by molar-refractivity contribution is 8.04. The zero-order valence-corrected chi connectivity index (χ0v) is 20.8. The second kappa shape index (κ2) is 10.7. The molecule has 3 N–H and O–H groups in total. The summed E-state index contributed by atoms with van der Waals surface area (Å²) in [5.41, 5.74) is 9.16. The highest BCUT2D eigenvalue weighted by Crippen LogP contribution is 2.46. The molecule has 2 aliphatic heterocycles. The molecule has 188 valence electrons. The van der Waals surface area contributed by atoms with Crippen molar-refractivity contribution in [3.8, 4) is 0 Å². The maximum atomic E-state index is 13.0. The molecule has 4 rings (SSSR count). The number of nitro benzene ring substituents is 1. The van der Waals surface area contributed by atoms with E-state index in [0.29, 0.717) is 28.9 Å². The number of nitrogens with one attached hydrogen (secondary N) is 1. The van der Waals surface area contributed by atoms with Gasteiger partial charge < -0.3 is 15.8 Å². The van der Waals surface area contributed by atoms with Gasteiger partial charge in [0.25, 0.3) is 11.6 Å². The first kappa shape index (κ1) is 25.7. The summed E-state index contributed by atoms with van der Waals surface area (Å²) in [6.07, 6.45) is 7.09. The van der Waals surface area contributed by atoms with Gasteiger partial charge in [0.15, 0.2) is 0 Å². The number of nitrogens with zero attached hydrogens (tertiary/aromatic N) is 2. The maximum absolute atomic E-state index is 13.0. The molecule has 3 aliphatic rings. The van der Waals surface area contributed by atoms with Crippen molar-refractivity contribution in [3.05, 3.63) is 85.5 Å². The fraction of sp³-hybridized carbons (Fsp3) is 0.292. The second-order valence-electron chi connectivity index (χ2n) is 8.32. The highest BCUT2D eigenvalue weighted by Gasteiger charge is 2.55. The van der Waals surface area contributed by atoms with Crippen molar-refractivity contribution in [1.82, 2.24) is 10.2 Å². The Morgan fingerprint density at radius 1 is 1.36 bits per heavy atom. The molecule has 3 atom stereocenters. The van der Waals surface area contributed by atoms with Crippen LogP contribution in [-0.4, -0.2) is 45.1 Å². The quantitative estimate of drug-likeness (QED) is 0.180. The average Bonchev–Trinajstić information content (AvgIpc) is 2.90. The van der Waals surface area contributed by atoms with Gasteiger partial charge in [-0.15, -0.1) is 0 Å². The second-order valence-corrected chi connectivity index (χ2v) is 9.69. The molecule has 10 nitrogen and oxygen atoms in total. The molecule has 1 aromatic rings. The Labute approximate surface area is 216 Å². The van der Waals surface area contributed by atoms with Gasteiger partial charge in [0, 0.05) is 22.6 Å². The lowest BCUT2D eigenvalue weighted by Gasteiger charge is -2.50. The van der Waals surface area contributed by atoms with Crippen molar-refractivity contribution < 1.29 is 24.0 Å². The number of halogens is 1. The van der Waals surface area contributed by atoms with E-state index in [1.54, 1.807) is 6.92 Å². The summed E-state index contributed by atoms with van der Waals surface area (Å²) < 4.78 is 5.40. The van der Waals surface area contributed by atoms with Gasteiger partial charge in [0.05, 0.1) is 4.92 Å². The number of β-lactam (4-membered cyclic amide) rings is 1. The zero-order valence-electron chi connectivity index (χ0n) is 19.2. The molecule has 0 bridgehead atoms. The molecule has 1 aliphatic carbocycles. The summed E-state index contributed by atoms with van der Waals surface area (Å²) in [6, 6.07) is 3.83. The Balaban J connectivity index is 1.46. The number of hydrogen-bond acceptors (Lipinski definition) is 8. The number of fused-ring (bicyclic) bond motifs is 1. The number of rotatable bonds is 7.